The molecule has 0 atom stereocenters. The van der Waals surface area contributed by atoms with E-state index in [2.05, 4.69) is 168 Å². The lowest BCUT2D eigenvalue weighted by Crippen LogP contribution is -2.01. The van der Waals surface area contributed by atoms with Gasteiger partial charge in [0.2, 0.25) is 0 Å². The predicted octanol–water partition coefficient (Wildman–Crippen LogP) is 14.4. The molecule has 0 amide bonds. The van der Waals surface area contributed by atoms with Crippen molar-refractivity contribution in [2.45, 2.75) is 0 Å². The summed E-state index contributed by atoms with van der Waals surface area (Å²) >= 11 is 3.62. The molecule has 0 aliphatic rings. The van der Waals surface area contributed by atoms with Crippen molar-refractivity contribution in [2.75, 3.05) is 0 Å². The molecule has 57 heavy (non-hydrogen) atoms. The molecule has 4 aromatic heterocycles. The van der Waals surface area contributed by atoms with Gasteiger partial charge in [-0.1, -0.05) is 127 Å². The molecule has 0 bridgehead atoms. The van der Waals surface area contributed by atoms with Crippen LogP contribution in [0.4, 0.5) is 0 Å². The maximum absolute atomic E-state index is 5.38. The normalized spacial score (nSPS) is 11.9. The fourth-order valence-electron chi connectivity index (χ4n) is 8.38. The first-order valence-corrected chi connectivity index (χ1v) is 20.6. The van der Waals surface area contributed by atoms with Gasteiger partial charge in [-0.15, -0.1) is 22.7 Å². The first-order chi connectivity index (χ1) is 28.2. The molecule has 266 valence electrons. The second-order valence-corrected chi connectivity index (χ2v) is 16.5. The van der Waals surface area contributed by atoms with E-state index in [1.807, 2.05) is 29.5 Å². The summed E-state index contributed by atoms with van der Waals surface area (Å²) in [5.41, 5.74) is 8.68. The molecule has 0 saturated carbocycles. The molecule has 0 fully saturated rings. The lowest BCUT2D eigenvalue weighted by atomic mass is 10.0. The van der Waals surface area contributed by atoms with Gasteiger partial charge in [0.1, 0.15) is 0 Å². The number of thiophene rings is 2. The van der Waals surface area contributed by atoms with E-state index >= 15 is 0 Å². The van der Waals surface area contributed by atoms with Crippen LogP contribution in [0.1, 0.15) is 0 Å². The van der Waals surface area contributed by atoms with E-state index in [9.17, 15) is 0 Å². The predicted molar refractivity (Wildman–Crippen MR) is 242 cm³/mol. The summed E-state index contributed by atoms with van der Waals surface area (Å²) < 4.78 is 7.29. The fraction of sp³-hybridized carbons (Fsp3) is 0. The molecular weight excluding hydrogens is 733 g/mol. The number of hydrogen-bond acceptors (Lipinski definition) is 5. The second-order valence-electron chi connectivity index (χ2n) is 14.4. The van der Waals surface area contributed by atoms with Crippen LogP contribution in [0.5, 0.6) is 0 Å². The van der Waals surface area contributed by atoms with Crippen LogP contribution in [-0.4, -0.2) is 19.5 Å². The summed E-state index contributed by atoms with van der Waals surface area (Å²) in [6.07, 6.45) is 0. The van der Waals surface area contributed by atoms with Crippen molar-refractivity contribution in [3.63, 3.8) is 0 Å². The topological polar surface area (TPSA) is 43.6 Å². The Labute approximate surface area is 335 Å². The largest absolute Gasteiger partial charge is 0.309 e. The van der Waals surface area contributed by atoms with Gasteiger partial charge in [-0.2, -0.15) is 0 Å². The Hall–Kier alpha value is -6.99. The van der Waals surface area contributed by atoms with Crippen LogP contribution in [0.25, 0.3) is 113 Å². The quantitative estimate of drug-likeness (QED) is 0.175. The molecule has 0 saturated heterocycles. The molecule has 0 unspecified atom stereocenters. The van der Waals surface area contributed by atoms with Gasteiger partial charge >= 0.3 is 0 Å². The molecule has 0 radical (unpaired) electrons. The van der Waals surface area contributed by atoms with Gasteiger partial charge in [-0.05, 0) is 65.7 Å². The lowest BCUT2D eigenvalue weighted by molar-refractivity contribution is 1.08. The first kappa shape index (κ1) is 32.3. The summed E-state index contributed by atoms with van der Waals surface area (Å²) in [6, 6.07) is 65.0. The van der Waals surface area contributed by atoms with Crippen molar-refractivity contribution in [3.05, 3.63) is 182 Å². The Bertz CT molecular complexity index is 3470. The van der Waals surface area contributed by atoms with E-state index < -0.39 is 0 Å². The van der Waals surface area contributed by atoms with Gasteiger partial charge in [-0.25, -0.2) is 15.0 Å². The van der Waals surface area contributed by atoms with E-state index in [0.717, 1.165) is 38.1 Å². The molecule has 0 spiro atoms. The monoisotopic (exact) mass is 762 g/mol. The lowest BCUT2D eigenvalue weighted by Gasteiger charge is -2.13. The number of para-hydroxylation sites is 2. The Morgan fingerprint density at radius 3 is 1.67 bits per heavy atom. The Balaban J connectivity index is 1.16. The zero-order valence-electron chi connectivity index (χ0n) is 30.4. The molecule has 8 aromatic carbocycles. The minimum Gasteiger partial charge on any atom is -0.309 e. The standard InChI is InChI=1S/C51H30N4S2/c1-3-13-31(14-4-1)33-23-25-39-41-29-35(55-43-20-10-7-17-36(43)37-18-8-11-21-44(37)55)30-42(48(41)57-47(39)28-33)51-53-49(32-15-5-2-6-16-32)52-50(54-51)34-24-26-46-40(27-34)38-19-9-12-22-45(38)56-46/h1-30H. The highest BCUT2D eigenvalue weighted by Gasteiger charge is 2.21. The third-order valence-electron chi connectivity index (χ3n) is 11.0. The minimum atomic E-state index is 0.647. The molecule has 12 aromatic rings. The van der Waals surface area contributed by atoms with E-state index in [1.165, 1.54) is 57.5 Å². The van der Waals surface area contributed by atoms with Crippen LogP contribution in [-0.2, 0) is 0 Å². The Kier molecular flexibility index (Phi) is 7.24. The van der Waals surface area contributed by atoms with Crippen molar-refractivity contribution >= 4 is 84.8 Å². The van der Waals surface area contributed by atoms with Crippen LogP contribution in [0.15, 0.2) is 182 Å². The van der Waals surface area contributed by atoms with Crippen molar-refractivity contribution in [3.8, 4) is 51.0 Å². The molecular formula is C51H30N4S2. The third-order valence-corrected chi connectivity index (χ3v) is 13.4. The van der Waals surface area contributed by atoms with Crippen LogP contribution < -0.4 is 0 Å². The first-order valence-electron chi connectivity index (χ1n) is 19.0. The summed E-state index contributed by atoms with van der Waals surface area (Å²) in [5, 5.41) is 7.30. The molecule has 4 heterocycles. The van der Waals surface area contributed by atoms with Crippen LogP contribution in [0.2, 0.25) is 0 Å². The number of fused-ring (bicyclic) bond motifs is 9. The zero-order valence-corrected chi connectivity index (χ0v) is 32.1. The molecule has 0 N–H and O–H groups in total. The highest BCUT2D eigenvalue weighted by atomic mass is 32.1. The van der Waals surface area contributed by atoms with Gasteiger partial charge in [0.15, 0.2) is 17.5 Å². The number of hydrogen-bond donors (Lipinski definition) is 0. The van der Waals surface area contributed by atoms with E-state index in [4.69, 9.17) is 15.0 Å². The van der Waals surface area contributed by atoms with Gasteiger partial charge in [-0.3, -0.25) is 0 Å². The molecule has 0 aliphatic heterocycles. The third kappa shape index (κ3) is 5.22. The molecule has 0 aliphatic carbocycles. The Morgan fingerprint density at radius 1 is 0.333 bits per heavy atom. The fourth-order valence-corrected chi connectivity index (χ4v) is 10.7. The second kappa shape index (κ2) is 12.8. The number of aromatic nitrogens is 4. The smallest absolute Gasteiger partial charge is 0.165 e. The van der Waals surface area contributed by atoms with E-state index in [-0.39, 0.29) is 0 Å². The van der Waals surface area contributed by atoms with Crippen molar-refractivity contribution < 1.29 is 0 Å². The molecule has 6 heteroatoms. The number of nitrogens with zero attached hydrogens (tertiary/aromatic N) is 4. The summed E-state index contributed by atoms with van der Waals surface area (Å²) in [7, 11) is 0. The maximum Gasteiger partial charge on any atom is 0.165 e. The van der Waals surface area contributed by atoms with E-state index in [0.29, 0.717) is 17.5 Å². The highest BCUT2D eigenvalue weighted by Crippen LogP contribution is 2.44. The Morgan fingerprint density at radius 2 is 0.912 bits per heavy atom. The SMILES string of the molecule is c1ccc(-c2ccc3c(c2)sc2c(-c4nc(-c5ccccc5)nc(-c5ccc6sc7ccccc7c6c5)n4)cc(-n4c5ccccc5c5ccccc54)cc23)cc1. The average Bonchev–Trinajstić information content (AvgIpc) is 3.95. The van der Waals surface area contributed by atoms with Crippen LogP contribution >= 0.6 is 22.7 Å². The van der Waals surface area contributed by atoms with Crippen molar-refractivity contribution in [1.82, 2.24) is 19.5 Å². The summed E-state index contributed by atoms with van der Waals surface area (Å²) in [6.45, 7) is 0. The molecule has 4 nitrogen and oxygen atoms in total. The van der Waals surface area contributed by atoms with Gasteiger partial charge in [0.05, 0.1) is 11.0 Å². The van der Waals surface area contributed by atoms with Gasteiger partial charge in [0, 0.05) is 73.5 Å². The van der Waals surface area contributed by atoms with Crippen LogP contribution in [0.3, 0.4) is 0 Å². The van der Waals surface area contributed by atoms with Crippen LogP contribution in [0, 0.1) is 0 Å². The van der Waals surface area contributed by atoms with Gasteiger partial charge < -0.3 is 4.57 Å². The summed E-state index contributed by atoms with van der Waals surface area (Å²) in [5.74, 6) is 1.95. The van der Waals surface area contributed by atoms with E-state index in [1.54, 1.807) is 11.3 Å². The number of benzene rings is 8. The highest BCUT2D eigenvalue weighted by molar-refractivity contribution is 7.26. The summed E-state index contributed by atoms with van der Waals surface area (Å²) in [4.78, 5) is 15.9. The zero-order chi connectivity index (χ0) is 37.5. The van der Waals surface area contributed by atoms with Crippen molar-refractivity contribution in [1.29, 1.82) is 0 Å². The minimum absolute atomic E-state index is 0.647. The number of rotatable bonds is 5. The molecule has 12 rings (SSSR count). The maximum atomic E-state index is 5.38. The van der Waals surface area contributed by atoms with Crippen molar-refractivity contribution in [2.24, 2.45) is 0 Å². The van der Waals surface area contributed by atoms with Gasteiger partial charge in [0.25, 0.3) is 0 Å². The average molecular weight is 763 g/mol.